The van der Waals surface area contributed by atoms with Crippen molar-refractivity contribution in [3.63, 3.8) is 0 Å². The molecule has 0 bridgehead atoms. The molecule has 0 saturated carbocycles. The van der Waals surface area contributed by atoms with Gasteiger partial charge in [-0.2, -0.15) is 0 Å². The van der Waals surface area contributed by atoms with Crippen molar-refractivity contribution in [2.75, 3.05) is 25.6 Å². The topological polar surface area (TPSA) is 131 Å². The minimum Gasteiger partial charge on any atom is -0.486 e. The highest BCUT2D eigenvalue weighted by Gasteiger charge is 2.19. The van der Waals surface area contributed by atoms with Crippen LogP contribution in [-0.4, -0.2) is 36.5 Å². The Kier molecular flexibility index (Phi) is 4.70. The van der Waals surface area contributed by atoms with E-state index in [0.29, 0.717) is 24.7 Å². The summed E-state index contributed by atoms with van der Waals surface area (Å²) in [6.07, 6.45) is 0. The second-order valence-electron chi connectivity index (χ2n) is 5.39. The number of non-ortho nitro benzene ring substituents is 1. The van der Waals surface area contributed by atoms with Crippen molar-refractivity contribution in [2.24, 2.45) is 0 Å². The van der Waals surface area contributed by atoms with Crippen LogP contribution in [0.25, 0.3) is 0 Å². The Bertz CT molecular complexity index is 895. The summed E-state index contributed by atoms with van der Waals surface area (Å²) in [6, 6.07) is 8.05. The van der Waals surface area contributed by atoms with E-state index < -0.39 is 23.3 Å². The summed E-state index contributed by atoms with van der Waals surface area (Å²) in [5, 5.41) is 10.8. The van der Waals surface area contributed by atoms with E-state index in [4.69, 9.17) is 19.9 Å². The molecule has 0 unspecified atom stereocenters. The average Bonchev–Trinajstić information content (AvgIpc) is 2.65. The van der Waals surface area contributed by atoms with Crippen molar-refractivity contribution < 1.29 is 28.7 Å². The van der Waals surface area contributed by atoms with Crippen LogP contribution in [-0.2, 0) is 4.74 Å². The van der Waals surface area contributed by atoms with Gasteiger partial charge in [0.1, 0.15) is 13.2 Å². The highest BCUT2D eigenvalue weighted by atomic mass is 16.6. The van der Waals surface area contributed by atoms with Crippen molar-refractivity contribution in [3.8, 4) is 11.5 Å². The monoisotopic (exact) mass is 358 g/mol. The number of nitro benzene ring substituents is 1. The molecule has 26 heavy (non-hydrogen) atoms. The Morgan fingerprint density at radius 3 is 2.58 bits per heavy atom. The van der Waals surface area contributed by atoms with Gasteiger partial charge in [-0.3, -0.25) is 14.9 Å². The number of ether oxygens (including phenoxy) is 3. The lowest BCUT2D eigenvalue weighted by Crippen LogP contribution is -2.18. The number of benzene rings is 2. The summed E-state index contributed by atoms with van der Waals surface area (Å²) < 4.78 is 15.7. The van der Waals surface area contributed by atoms with Gasteiger partial charge < -0.3 is 19.9 Å². The van der Waals surface area contributed by atoms with Gasteiger partial charge in [0.05, 0.1) is 10.5 Å². The average molecular weight is 358 g/mol. The smallest absolute Gasteiger partial charge is 0.340 e. The number of nitrogens with zero attached hydrogens (tertiary/aromatic N) is 1. The van der Waals surface area contributed by atoms with Crippen molar-refractivity contribution in [3.05, 3.63) is 57.6 Å². The van der Waals surface area contributed by atoms with Crippen LogP contribution in [0.15, 0.2) is 36.4 Å². The fourth-order valence-electron chi connectivity index (χ4n) is 2.34. The maximum Gasteiger partial charge on any atom is 0.340 e. The first-order valence-electron chi connectivity index (χ1n) is 7.59. The maximum atomic E-state index is 12.2. The summed E-state index contributed by atoms with van der Waals surface area (Å²) in [5.74, 6) is -0.401. The quantitative estimate of drug-likeness (QED) is 0.282. The van der Waals surface area contributed by atoms with Gasteiger partial charge in [-0.15, -0.1) is 0 Å². The molecule has 1 aliphatic heterocycles. The zero-order valence-corrected chi connectivity index (χ0v) is 13.5. The molecule has 3 rings (SSSR count). The van der Waals surface area contributed by atoms with Crippen molar-refractivity contribution in [1.82, 2.24) is 0 Å². The third kappa shape index (κ3) is 3.56. The van der Waals surface area contributed by atoms with E-state index in [9.17, 15) is 19.7 Å². The van der Waals surface area contributed by atoms with Crippen LogP contribution >= 0.6 is 0 Å². The van der Waals surface area contributed by atoms with Gasteiger partial charge in [0, 0.05) is 23.4 Å². The molecule has 0 radical (unpaired) electrons. The van der Waals surface area contributed by atoms with Crippen LogP contribution in [0.4, 0.5) is 11.4 Å². The summed E-state index contributed by atoms with van der Waals surface area (Å²) in [6.45, 7) is 0.273. The van der Waals surface area contributed by atoms with E-state index in [0.717, 1.165) is 6.07 Å². The highest BCUT2D eigenvalue weighted by molar-refractivity contribution is 6.01. The maximum absolute atomic E-state index is 12.2. The number of nitro groups is 1. The minimum absolute atomic E-state index is 0.0207. The lowest BCUT2D eigenvalue weighted by atomic mass is 10.1. The van der Waals surface area contributed by atoms with Crippen LogP contribution in [0.5, 0.6) is 11.5 Å². The van der Waals surface area contributed by atoms with E-state index in [1.54, 1.807) is 6.07 Å². The Balaban J connectivity index is 1.69. The fourth-order valence-corrected chi connectivity index (χ4v) is 2.34. The molecule has 134 valence electrons. The van der Waals surface area contributed by atoms with Crippen molar-refractivity contribution in [2.45, 2.75) is 0 Å². The number of nitrogens with two attached hydrogens (primary N) is 1. The normalized spacial score (nSPS) is 12.3. The first kappa shape index (κ1) is 17.2. The molecule has 2 N–H and O–H groups in total. The van der Waals surface area contributed by atoms with Gasteiger partial charge in [0.25, 0.3) is 5.69 Å². The minimum atomic E-state index is -0.919. The van der Waals surface area contributed by atoms with Crippen LogP contribution in [0.2, 0.25) is 0 Å². The standard InChI is InChI=1S/C17H14N2O7/c18-13-3-2-11(19(22)23)8-12(13)17(21)26-9-14(20)10-1-4-15-16(7-10)25-6-5-24-15/h1-4,7-8H,5-6,9,18H2. The number of fused-ring (bicyclic) bond motifs is 1. The molecule has 1 heterocycles. The lowest BCUT2D eigenvalue weighted by molar-refractivity contribution is -0.384. The van der Waals surface area contributed by atoms with E-state index in [1.807, 2.05) is 0 Å². The molecule has 9 nitrogen and oxygen atoms in total. The third-order valence-corrected chi connectivity index (χ3v) is 3.67. The second-order valence-corrected chi connectivity index (χ2v) is 5.39. The van der Waals surface area contributed by atoms with E-state index >= 15 is 0 Å². The first-order valence-corrected chi connectivity index (χ1v) is 7.59. The Morgan fingerprint density at radius 1 is 1.12 bits per heavy atom. The number of anilines is 1. The number of hydrogen-bond acceptors (Lipinski definition) is 8. The van der Waals surface area contributed by atoms with Gasteiger partial charge in [-0.05, 0) is 24.3 Å². The summed E-state index contributed by atoms with van der Waals surface area (Å²) in [5.41, 5.74) is 5.48. The number of ketones is 1. The van der Waals surface area contributed by atoms with E-state index in [-0.39, 0.29) is 22.5 Å². The highest BCUT2D eigenvalue weighted by Crippen LogP contribution is 2.31. The van der Waals surface area contributed by atoms with Crippen LogP contribution in [0.3, 0.4) is 0 Å². The molecular formula is C17H14N2O7. The number of nitrogen functional groups attached to an aromatic ring is 1. The van der Waals surface area contributed by atoms with Gasteiger partial charge >= 0.3 is 5.97 Å². The molecule has 2 aromatic carbocycles. The van der Waals surface area contributed by atoms with Gasteiger partial charge in [0.2, 0.25) is 0 Å². The van der Waals surface area contributed by atoms with E-state index in [1.165, 1.54) is 24.3 Å². The van der Waals surface area contributed by atoms with Crippen molar-refractivity contribution >= 4 is 23.1 Å². The largest absolute Gasteiger partial charge is 0.486 e. The van der Waals surface area contributed by atoms with Crippen LogP contribution in [0, 0.1) is 10.1 Å². The number of carbonyl (C=O) groups excluding carboxylic acids is 2. The molecule has 0 aliphatic carbocycles. The molecule has 0 aromatic heterocycles. The second kappa shape index (κ2) is 7.09. The van der Waals surface area contributed by atoms with Crippen LogP contribution in [0.1, 0.15) is 20.7 Å². The first-order chi connectivity index (χ1) is 12.5. The van der Waals surface area contributed by atoms with Gasteiger partial charge in [-0.25, -0.2) is 4.79 Å². The molecule has 0 fully saturated rings. The Morgan fingerprint density at radius 2 is 1.85 bits per heavy atom. The third-order valence-electron chi connectivity index (χ3n) is 3.67. The fraction of sp³-hybridized carbons (Fsp3) is 0.176. The molecule has 9 heteroatoms. The molecule has 0 atom stereocenters. The lowest BCUT2D eigenvalue weighted by Gasteiger charge is -2.18. The molecular weight excluding hydrogens is 344 g/mol. The summed E-state index contributed by atoms with van der Waals surface area (Å²) in [4.78, 5) is 34.4. The molecule has 0 spiro atoms. The zero-order chi connectivity index (χ0) is 18.7. The predicted molar refractivity (Wildman–Crippen MR) is 89.6 cm³/mol. The van der Waals surface area contributed by atoms with Crippen molar-refractivity contribution in [1.29, 1.82) is 0 Å². The summed E-state index contributed by atoms with van der Waals surface area (Å²) in [7, 11) is 0. The number of rotatable bonds is 5. The van der Waals surface area contributed by atoms with Gasteiger partial charge in [0.15, 0.2) is 23.9 Å². The molecule has 2 aromatic rings. The predicted octanol–water partition coefficient (Wildman–Crippen LogP) is 1.99. The zero-order valence-electron chi connectivity index (χ0n) is 13.5. The number of esters is 1. The number of carbonyl (C=O) groups is 2. The summed E-state index contributed by atoms with van der Waals surface area (Å²) >= 11 is 0. The number of Topliss-reactive ketones (excluding diaryl/α,β-unsaturated/α-hetero) is 1. The van der Waals surface area contributed by atoms with E-state index in [2.05, 4.69) is 0 Å². The molecule has 0 amide bonds. The Labute approximate surface area is 147 Å². The molecule has 1 aliphatic rings. The molecule has 0 saturated heterocycles. The van der Waals surface area contributed by atoms with Crippen LogP contribution < -0.4 is 15.2 Å². The number of hydrogen-bond donors (Lipinski definition) is 1. The van der Waals surface area contributed by atoms with Gasteiger partial charge in [-0.1, -0.05) is 0 Å². The SMILES string of the molecule is Nc1ccc([N+](=O)[O-])cc1C(=O)OCC(=O)c1ccc2c(c1)OCCO2. The Hall–Kier alpha value is -3.62.